The van der Waals surface area contributed by atoms with Gasteiger partial charge in [0.2, 0.25) is 0 Å². The van der Waals surface area contributed by atoms with Gasteiger partial charge < -0.3 is 19.5 Å². The minimum Gasteiger partial charge on any atom is -0.492 e. The zero-order chi connectivity index (χ0) is 18.7. The van der Waals surface area contributed by atoms with Gasteiger partial charge in [0, 0.05) is 23.6 Å². The number of carbonyl (C=O) groups is 1. The molecule has 1 aliphatic heterocycles. The second-order valence-corrected chi connectivity index (χ2v) is 5.88. The van der Waals surface area contributed by atoms with Gasteiger partial charge in [0.05, 0.1) is 12.3 Å². The SMILES string of the molecule is CCOc1cc2c(cc1NC(=O)c1cccc(OC(F)F)c1)OC(C)C2. The van der Waals surface area contributed by atoms with Gasteiger partial charge in [-0.15, -0.1) is 0 Å². The molecule has 7 heteroatoms. The van der Waals surface area contributed by atoms with Gasteiger partial charge >= 0.3 is 6.61 Å². The van der Waals surface area contributed by atoms with Gasteiger partial charge in [-0.1, -0.05) is 6.07 Å². The molecule has 1 atom stereocenters. The molecular formula is C19H19F2NO4. The minimum absolute atomic E-state index is 0.0635. The summed E-state index contributed by atoms with van der Waals surface area (Å²) in [4.78, 5) is 12.5. The van der Waals surface area contributed by atoms with E-state index in [0.29, 0.717) is 23.8 Å². The zero-order valence-corrected chi connectivity index (χ0v) is 14.4. The van der Waals surface area contributed by atoms with E-state index in [4.69, 9.17) is 9.47 Å². The first-order chi connectivity index (χ1) is 12.5. The van der Waals surface area contributed by atoms with E-state index in [9.17, 15) is 13.6 Å². The number of ether oxygens (including phenoxy) is 3. The van der Waals surface area contributed by atoms with Crippen LogP contribution in [0, 0.1) is 0 Å². The van der Waals surface area contributed by atoms with E-state index in [-0.39, 0.29) is 17.4 Å². The van der Waals surface area contributed by atoms with E-state index < -0.39 is 12.5 Å². The van der Waals surface area contributed by atoms with Crippen LogP contribution < -0.4 is 19.5 Å². The van der Waals surface area contributed by atoms with Crippen LogP contribution in [0.25, 0.3) is 0 Å². The number of benzene rings is 2. The van der Waals surface area contributed by atoms with Crippen LogP contribution in [0.1, 0.15) is 29.8 Å². The molecule has 3 rings (SSSR count). The third-order valence-corrected chi connectivity index (χ3v) is 3.87. The van der Waals surface area contributed by atoms with Crippen LogP contribution in [0.3, 0.4) is 0 Å². The fourth-order valence-electron chi connectivity index (χ4n) is 2.82. The lowest BCUT2D eigenvalue weighted by Crippen LogP contribution is -2.13. The minimum atomic E-state index is -2.95. The van der Waals surface area contributed by atoms with Crippen LogP contribution in [-0.2, 0) is 6.42 Å². The Labute approximate surface area is 149 Å². The third kappa shape index (κ3) is 4.04. The highest BCUT2D eigenvalue weighted by molar-refractivity contribution is 6.05. The maximum absolute atomic E-state index is 12.5. The number of alkyl halides is 2. The monoisotopic (exact) mass is 363 g/mol. The summed E-state index contributed by atoms with van der Waals surface area (Å²) in [6.45, 7) is 1.31. The third-order valence-electron chi connectivity index (χ3n) is 3.87. The molecule has 138 valence electrons. The largest absolute Gasteiger partial charge is 0.492 e. The number of hydrogen-bond acceptors (Lipinski definition) is 4. The second-order valence-electron chi connectivity index (χ2n) is 5.88. The number of fused-ring (bicyclic) bond motifs is 1. The Morgan fingerprint density at radius 2 is 2.15 bits per heavy atom. The van der Waals surface area contributed by atoms with Gasteiger partial charge in [0.25, 0.3) is 5.91 Å². The van der Waals surface area contributed by atoms with Crippen molar-refractivity contribution < 1.29 is 27.8 Å². The normalized spacial score (nSPS) is 15.3. The standard InChI is InChI=1S/C19H19F2NO4/c1-3-24-17-9-13-7-11(2)25-16(13)10-15(17)22-18(23)12-5-4-6-14(8-12)26-19(20)21/h4-6,8-11,19H,3,7H2,1-2H3,(H,22,23). The molecule has 2 aromatic carbocycles. The number of rotatable bonds is 6. The molecule has 1 unspecified atom stereocenters. The molecule has 5 nitrogen and oxygen atoms in total. The Morgan fingerprint density at radius 3 is 2.88 bits per heavy atom. The first-order valence-electron chi connectivity index (χ1n) is 8.29. The number of anilines is 1. The molecule has 0 bridgehead atoms. The molecule has 1 N–H and O–H groups in total. The Morgan fingerprint density at radius 1 is 1.35 bits per heavy atom. The lowest BCUT2D eigenvalue weighted by atomic mass is 10.1. The number of hydrogen-bond donors (Lipinski definition) is 1. The van der Waals surface area contributed by atoms with E-state index >= 15 is 0 Å². The van der Waals surface area contributed by atoms with Crippen LogP contribution in [-0.4, -0.2) is 25.2 Å². The Kier molecular flexibility index (Phi) is 5.25. The average molecular weight is 363 g/mol. The summed E-state index contributed by atoms with van der Waals surface area (Å²) >= 11 is 0. The van der Waals surface area contributed by atoms with Crippen LogP contribution >= 0.6 is 0 Å². The predicted molar refractivity (Wildman–Crippen MR) is 92.4 cm³/mol. The van der Waals surface area contributed by atoms with Crippen LogP contribution in [0.4, 0.5) is 14.5 Å². The summed E-state index contributed by atoms with van der Waals surface area (Å²) in [5.41, 5.74) is 1.68. The summed E-state index contributed by atoms with van der Waals surface area (Å²) in [7, 11) is 0. The fraction of sp³-hybridized carbons (Fsp3) is 0.316. The number of amides is 1. The number of carbonyl (C=O) groups excluding carboxylic acids is 1. The van der Waals surface area contributed by atoms with Gasteiger partial charge in [-0.25, -0.2) is 0 Å². The maximum atomic E-state index is 12.5. The van der Waals surface area contributed by atoms with Crippen molar-refractivity contribution in [1.82, 2.24) is 0 Å². The van der Waals surface area contributed by atoms with Crippen molar-refractivity contribution in [1.29, 1.82) is 0 Å². The van der Waals surface area contributed by atoms with Crippen molar-refractivity contribution in [2.45, 2.75) is 33.0 Å². The number of halogens is 2. The summed E-state index contributed by atoms with van der Waals surface area (Å²) in [5, 5.41) is 2.75. The predicted octanol–water partition coefficient (Wildman–Crippen LogP) is 4.26. The highest BCUT2D eigenvalue weighted by Crippen LogP contribution is 2.38. The average Bonchev–Trinajstić information content (AvgIpc) is 2.94. The van der Waals surface area contributed by atoms with E-state index in [0.717, 1.165) is 12.0 Å². The summed E-state index contributed by atoms with van der Waals surface area (Å²) in [6.07, 6.45) is 0.838. The molecule has 26 heavy (non-hydrogen) atoms. The summed E-state index contributed by atoms with van der Waals surface area (Å²) in [5.74, 6) is 0.698. The lowest BCUT2D eigenvalue weighted by Gasteiger charge is -2.14. The van der Waals surface area contributed by atoms with Crippen molar-refractivity contribution in [3.63, 3.8) is 0 Å². The summed E-state index contributed by atoms with van der Waals surface area (Å²) < 4.78 is 40.4. The second kappa shape index (κ2) is 7.59. The molecule has 0 aromatic heterocycles. The van der Waals surface area contributed by atoms with Crippen LogP contribution in [0.15, 0.2) is 36.4 Å². The van der Waals surface area contributed by atoms with Crippen LogP contribution in [0.2, 0.25) is 0 Å². The van der Waals surface area contributed by atoms with Gasteiger partial charge in [0.1, 0.15) is 23.4 Å². The van der Waals surface area contributed by atoms with Gasteiger partial charge in [-0.2, -0.15) is 8.78 Å². The van der Waals surface area contributed by atoms with E-state index in [2.05, 4.69) is 10.1 Å². The van der Waals surface area contributed by atoms with Crippen molar-refractivity contribution >= 4 is 11.6 Å². The highest BCUT2D eigenvalue weighted by Gasteiger charge is 2.23. The van der Waals surface area contributed by atoms with Gasteiger partial charge in [-0.3, -0.25) is 4.79 Å². The maximum Gasteiger partial charge on any atom is 0.387 e. The molecule has 0 fully saturated rings. The quantitative estimate of drug-likeness (QED) is 0.833. The molecule has 0 radical (unpaired) electrons. The Hall–Kier alpha value is -2.83. The number of nitrogens with one attached hydrogen (secondary N) is 1. The summed E-state index contributed by atoms with van der Waals surface area (Å²) in [6, 6.07) is 9.19. The van der Waals surface area contributed by atoms with Gasteiger partial charge in [-0.05, 0) is 38.1 Å². The van der Waals surface area contributed by atoms with Crippen molar-refractivity contribution in [2.75, 3.05) is 11.9 Å². The molecule has 1 aliphatic rings. The van der Waals surface area contributed by atoms with Crippen molar-refractivity contribution in [2.24, 2.45) is 0 Å². The first kappa shape index (κ1) is 18.0. The van der Waals surface area contributed by atoms with E-state index in [1.165, 1.54) is 24.3 Å². The molecular weight excluding hydrogens is 344 g/mol. The molecule has 1 amide bonds. The molecule has 0 saturated carbocycles. The first-order valence-corrected chi connectivity index (χ1v) is 8.29. The van der Waals surface area contributed by atoms with Crippen molar-refractivity contribution in [3.05, 3.63) is 47.5 Å². The van der Waals surface area contributed by atoms with Crippen LogP contribution in [0.5, 0.6) is 17.2 Å². The molecule has 2 aromatic rings. The lowest BCUT2D eigenvalue weighted by molar-refractivity contribution is -0.0498. The van der Waals surface area contributed by atoms with E-state index in [1.807, 2.05) is 19.9 Å². The zero-order valence-electron chi connectivity index (χ0n) is 14.4. The Balaban J connectivity index is 1.84. The highest BCUT2D eigenvalue weighted by atomic mass is 19.3. The Bertz CT molecular complexity index is 810. The van der Waals surface area contributed by atoms with Crippen molar-refractivity contribution in [3.8, 4) is 17.2 Å². The fourth-order valence-corrected chi connectivity index (χ4v) is 2.82. The molecule has 0 saturated heterocycles. The van der Waals surface area contributed by atoms with E-state index in [1.54, 1.807) is 6.07 Å². The molecule has 0 spiro atoms. The molecule has 0 aliphatic carbocycles. The van der Waals surface area contributed by atoms with Gasteiger partial charge in [0.15, 0.2) is 0 Å². The topological polar surface area (TPSA) is 56.8 Å². The smallest absolute Gasteiger partial charge is 0.387 e. The molecule has 1 heterocycles.